The van der Waals surface area contributed by atoms with Crippen molar-refractivity contribution < 1.29 is 19.5 Å². The van der Waals surface area contributed by atoms with Gasteiger partial charge < -0.3 is 10.4 Å². The highest BCUT2D eigenvalue weighted by atomic mass is 16.4. The predicted octanol–water partition coefficient (Wildman–Crippen LogP) is -0.994. The zero-order valence-corrected chi connectivity index (χ0v) is 9.71. The molecule has 0 aliphatic carbocycles. The van der Waals surface area contributed by atoms with Crippen LogP contribution in [0, 0.1) is 0 Å². The van der Waals surface area contributed by atoms with Crippen molar-refractivity contribution >= 4 is 17.9 Å². The minimum absolute atomic E-state index is 0.0822. The van der Waals surface area contributed by atoms with E-state index in [2.05, 4.69) is 15.4 Å². The number of imide groups is 1. The highest BCUT2D eigenvalue weighted by Crippen LogP contribution is 1.89. The van der Waals surface area contributed by atoms with Gasteiger partial charge in [-0.3, -0.25) is 19.6 Å². The van der Waals surface area contributed by atoms with E-state index in [1.165, 1.54) is 11.0 Å². The highest BCUT2D eigenvalue weighted by molar-refractivity contribution is 5.95. The number of nitrogens with one attached hydrogen (secondary N) is 2. The summed E-state index contributed by atoms with van der Waals surface area (Å²) in [5.41, 5.74) is 0. The smallest absolute Gasteiger partial charge is 0.321 e. The molecule has 98 valence electrons. The van der Waals surface area contributed by atoms with E-state index in [9.17, 15) is 14.4 Å². The monoisotopic (exact) mass is 255 g/mol. The van der Waals surface area contributed by atoms with Gasteiger partial charge in [0, 0.05) is 13.5 Å². The molecule has 0 unspecified atom stereocenters. The summed E-state index contributed by atoms with van der Waals surface area (Å²) in [6.07, 6.45) is 0.915. The molecule has 18 heavy (non-hydrogen) atoms. The van der Waals surface area contributed by atoms with Crippen LogP contribution >= 0.6 is 0 Å². The van der Waals surface area contributed by atoms with Crippen LogP contribution < -0.4 is 10.6 Å². The number of carbonyl (C=O) groups excluding carboxylic acids is 2. The Morgan fingerprint density at radius 3 is 2.67 bits per heavy atom. The zero-order chi connectivity index (χ0) is 13.5. The number of aliphatic carboxylic acids is 1. The fourth-order valence-corrected chi connectivity index (χ4v) is 1.08. The second-order valence-electron chi connectivity index (χ2n) is 3.46. The Kier molecular flexibility index (Phi) is 4.78. The van der Waals surface area contributed by atoms with Crippen molar-refractivity contribution in [1.29, 1.82) is 0 Å². The Bertz CT molecular complexity index is 456. The molecule has 0 radical (unpaired) electrons. The molecule has 0 saturated carbocycles. The first-order valence-corrected chi connectivity index (χ1v) is 5.11. The molecule has 0 saturated heterocycles. The number of hydrogen-bond donors (Lipinski definition) is 3. The average Bonchev–Trinajstić information content (AvgIpc) is 2.70. The van der Waals surface area contributed by atoms with Crippen LogP contribution in [0.3, 0.4) is 0 Å². The Hall–Kier alpha value is -2.45. The van der Waals surface area contributed by atoms with E-state index in [1.54, 1.807) is 7.05 Å². The lowest BCUT2D eigenvalue weighted by Gasteiger charge is -2.03. The first-order valence-electron chi connectivity index (χ1n) is 5.11. The normalized spacial score (nSPS) is 9.83. The van der Waals surface area contributed by atoms with E-state index in [1.807, 2.05) is 5.32 Å². The molecule has 9 nitrogen and oxygen atoms in total. The van der Waals surface area contributed by atoms with Crippen LogP contribution in [0.1, 0.15) is 18.7 Å². The minimum Gasteiger partial charge on any atom is -0.481 e. The second kappa shape index (κ2) is 6.33. The molecule has 1 heterocycles. The Morgan fingerprint density at radius 2 is 2.11 bits per heavy atom. The van der Waals surface area contributed by atoms with Gasteiger partial charge in [0.15, 0.2) is 5.82 Å². The van der Waals surface area contributed by atoms with Gasteiger partial charge in [-0.1, -0.05) is 0 Å². The lowest BCUT2D eigenvalue weighted by Crippen LogP contribution is -2.39. The number of carboxylic acids is 1. The van der Waals surface area contributed by atoms with Gasteiger partial charge in [-0.05, 0) is 0 Å². The van der Waals surface area contributed by atoms with Crippen molar-refractivity contribution in [1.82, 2.24) is 25.4 Å². The van der Waals surface area contributed by atoms with Gasteiger partial charge >= 0.3 is 12.0 Å². The van der Waals surface area contributed by atoms with Crippen LogP contribution in [0.5, 0.6) is 0 Å². The minimum atomic E-state index is -1.09. The van der Waals surface area contributed by atoms with Gasteiger partial charge in [-0.25, -0.2) is 9.78 Å². The summed E-state index contributed by atoms with van der Waals surface area (Å²) in [4.78, 5) is 36.4. The SMILES string of the molecule is Cn1cnc(CNC(=O)NC(=O)CCC(=O)O)n1. The molecule has 1 aromatic rings. The third-order valence-corrected chi connectivity index (χ3v) is 1.87. The van der Waals surface area contributed by atoms with Crippen molar-refractivity contribution in [2.75, 3.05) is 0 Å². The van der Waals surface area contributed by atoms with Crippen molar-refractivity contribution in [2.45, 2.75) is 19.4 Å². The van der Waals surface area contributed by atoms with Crippen LogP contribution in [0.15, 0.2) is 6.33 Å². The molecule has 0 fully saturated rings. The molecule has 0 atom stereocenters. The fraction of sp³-hybridized carbons (Fsp3) is 0.444. The molecule has 0 spiro atoms. The average molecular weight is 255 g/mol. The first kappa shape index (κ1) is 13.6. The van der Waals surface area contributed by atoms with Gasteiger partial charge in [-0.15, -0.1) is 0 Å². The largest absolute Gasteiger partial charge is 0.481 e. The Labute approximate surface area is 102 Å². The van der Waals surface area contributed by atoms with E-state index < -0.39 is 17.9 Å². The van der Waals surface area contributed by atoms with Crippen LogP contribution in [0.4, 0.5) is 4.79 Å². The van der Waals surface area contributed by atoms with Gasteiger partial charge in [0.25, 0.3) is 0 Å². The molecule has 3 amide bonds. The molecule has 0 aliphatic rings. The van der Waals surface area contributed by atoms with Gasteiger partial charge in [0.2, 0.25) is 5.91 Å². The Morgan fingerprint density at radius 1 is 1.39 bits per heavy atom. The van der Waals surface area contributed by atoms with Crippen LogP contribution in [-0.4, -0.2) is 37.8 Å². The van der Waals surface area contributed by atoms with E-state index in [4.69, 9.17) is 5.11 Å². The number of hydrogen-bond acceptors (Lipinski definition) is 5. The molecule has 3 N–H and O–H groups in total. The van der Waals surface area contributed by atoms with Crippen molar-refractivity contribution in [3.05, 3.63) is 12.2 Å². The Balaban J connectivity index is 2.25. The number of urea groups is 1. The van der Waals surface area contributed by atoms with Crippen LogP contribution in [0.2, 0.25) is 0 Å². The fourth-order valence-electron chi connectivity index (χ4n) is 1.08. The van der Waals surface area contributed by atoms with E-state index in [-0.39, 0.29) is 19.4 Å². The lowest BCUT2D eigenvalue weighted by molar-refractivity contribution is -0.138. The summed E-state index contributed by atoms with van der Waals surface area (Å²) < 4.78 is 1.48. The van der Waals surface area contributed by atoms with Crippen LogP contribution in [-0.2, 0) is 23.2 Å². The number of carbonyl (C=O) groups is 3. The number of aryl methyl sites for hydroxylation is 1. The maximum absolute atomic E-state index is 11.2. The predicted molar refractivity (Wildman–Crippen MR) is 58.3 cm³/mol. The van der Waals surface area contributed by atoms with Crippen molar-refractivity contribution in [2.24, 2.45) is 7.05 Å². The number of carboxylic acid groups (broad SMARTS) is 1. The molecule has 1 rings (SSSR count). The van der Waals surface area contributed by atoms with Crippen molar-refractivity contribution in [3.63, 3.8) is 0 Å². The number of amides is 3. The van der Waals surface area contributed by atoms with E-state index in [0.29, 0.717) is 5.82 Å². The first-order chi connectivity index (χ1) is 8.47. The maximum atomic E-state index is 11.2. The van der Waals surface area contributed by atoms with E-state index >= 15 is 0 Å². The lowest BCUT2D eigenvalue weighted by atomic mass is 10.3. The third-order valence-electron chi connectivity index (χ3n) is 1.87. The summed E-state index contributed by atoms with van der Waals surface area (Å²) in [5.74, 6) is -1.34. The summed E-state index contributed by atoms with van der Waals surface area (Å²) in [6.45, 7) is 0.0822. The molecular formula is C9H13N5O4. The topological polar surface area (TPSA) is 126 Å². The molecule has 0 bridgehead atoms. The molecule has 0 aromatic carbocycles. The number of nitrogens with zero attached hydrogens (tertiary/aromatic N) is 3. The number of aromatic nitrogens is 3. The van der Waals surface area contributed by atoms with E-state index in [0.717, 1.165) is 0 Å². The summed E-state index contributed by atoms with van der Waals surface area (Å²) in [7, 11) is 1.69. The molecule has 9 heteroatoms. The maximum Gasteiger partial charge on any atom is 0.321 e. The third kappa shape index (κ3) is 5.05. The second-order valence-corrected chi connectivity index (χ2v) is 3.46. The molecule has 0 aliphatic heterocycles. The number of rotatable bonds is 5. The van der Waals surface area contributed by atoms with Gasteiger partial charge in [0.1, 0.15) is 6.33 Å². The summed E-state index contributed by atoms with van der Waals surface area (Å²) >= 11 is 0. The molecule has 1 aromatic heterocycles. The summed E-state index contributed by atoms with van der Waals surface area (Å²) in [5, 5.41) is 16.6. The van der Waals surface area contributed by atoms with Gasteiger partial charge in [-0.2, -0.15) is 5.10 Å². The summed E-state index contributed by atoms with van der Waals surface area (Å²) in [6, 6.07) is -0.710. The quantitative estimate of drug-likeness (QED) is 0.619. The van der Waals surface area contributed by atoms with Crippen LogP contribution in [0.25, 0.3) is 0 Å². The zero-order valence-electron chi connectivity index (χ0n) is 9.71. The molecular weight excluding hydrogens is 242 g/mol. The van der Waals surface area contributed by atoms with Gasteiger partial charge in [0.05, 0.1) is 13.0 Å². The standard InChI is InChI=1S/C9H13N5O4/c1-14-5-11-6(13-14)4-10-9(18)12-7(15)2-3-8(16)17/h5H,2-4H2,1H3,(H,16,17)(H2,10,12,15,18). The highest BCUT2D eigenvalue weighted by Gasteiger charge is 2.09. The van der Waals surface area contributed by atoms with Crippen molar-refractivity contribution in [3.8, 4) is 0 Å².